The van der Waals surface area contributed by atoms with Crippen molar-refractivity contribution in [3.63, 3.8) is 0 Å². The first-order valence-electron chi connectivity index (χ1n) is 9.60. The van der Waals surface area contributed by atoms with E-state index in [-0.39, 0.29) is 35.2 Å². The number of phenolic OH excluding ortho intramolecular Hbond substituents is 1. The van der Waals surface area contributed by atoms with E-state index in [2.05, 4.69) is 4.99 Å². The lowest BCUT2D eigenvalue weighted by molar-refractivity contribution is -0.138. The topological polar surface area (TPSA) is 107 Å². The number of nitrogens with zero attached hydrogens (tertiary/aromatic N) is 1. The second-order valence-electron chi connectivity index (χ2n) is 6.44. The SMILES string of the molecule is CCOC(=O)C1=C(O)C(=Cc2cc(OC)c(O)c(OC)c2)SC1=Nc1ccc(OC)cc1. The summed E-state index contributed by atoms with van der Waals surface area (Å²) in [7, 11) is 4.41. The summed E-state index contributed by atoms with van der Waals surface area (Å²) in [5.74, 6) is 0.0411. The van der Waals surface area contributed by atoms with Crippen LogP contribution in [0.25, 0.3) is 6.08 Å². The number of aliphatic imine (C=N–C) groups is 1. The van der Waals surface area contributed by atoms with Gasteiger partial charge in [0, 0.05) is 0 Å². The van der Waals surface area contributed by atoms with Crippen LogP contribution in [0.15, 0.2) is 57.6 Å². The largest absolute Gasteiger partial charge is 0.506 e. The number of thioether (sulfide) groups is 1. The molecule has 0 spiro atoms. The van der Waals surface area contributed by atoms with E-state index in [9.17, 15) is 15.0 Å². The Hall–Kier alpha value is -3.59. The lowest BCUT2D eigenvalue weighted by Crippen LogP contribution is -2.12. The minimum Gasteiger partial charge on any atom is -0.506 e. The maximum absolute atomic E-state index is 12.5. The maximum Gasteiger partial charge on any atom is 0.344 e. The number of methoxy groups -OCH3 is 3. The fraction of sp³-hybridized carbons (Fsp3) is 0.217. The molecule has 2 aromatic carbocycles. The third-order valence-corrected chi connectivity index (χ3v) is 5.49. The molecule has 1 aliphatic heterocycles. The normalized spacial score (nSPS) is 15.9. The van der Waals surface area contributed by atoms with Gasteiger partial charge in [0.05, 0.1) is 38.5 Å². The van der Waals surface area contributed by atoms with Crippen LogP contribution in [0.4, 0.5) is 5.69 Å². The molecule has 0 fully saturated rings. The van der Waals surface area contributed by atoms with Crippen LogP contribution in [0.3, 0.4) is 0 Å². The summed E-state index contributed by atoms with van der Waals surface area (Å²) in [5.41, 5.74) is 1.15. The van der Waals surface area contributed by atoms with E-state index in [1.165, 1.54) is 14.2 Å². The van der Waals surface area contributed by atoms with Crippen LogP contribution in [0.1, 0.15) is 12.5 Å². The summed E-state index contributed by atoms with van der Waals surface area (Å²) in [6.07, 6.45) is 1.64. The number of phenols is 1. The van der Waals surface area contributed by atoms with Crippen molar-refractivity contribution in [2.45, 2.75) is 6.92 Å². The Morgan fingerprint density at radius 2 is 1.66 bits per heavy atom. The fourth-order valence-corrected chi connectivity index (χ4v) is 3.95. The first kappa shape index (κ1) is 23.1. The van der Waals surface area contributed by atoms with Crippen LogP contribution in [-0.4, -0.2) is 49.2 Å². The Morgan fingerprint density at radius 1 is 1.03 bits per heavy atom. The van der Waals surface area contributed by atoms with Crippen molar-refractivity contribution in [3.05, 3.63) is 58.2 Å². The van der Waals surface area contributed by atoms with E-state index < -0.39 is 5.97 Å². The lowest BCUT2D eigenvalue weighted by atomic mass is 10.1. The van der Waals surface area contributed by atoms with Gasteiger partial charge in [-0.1, -0.05) is 11.8 Å². The zero-order valence-corrected chi connectivity index (χ0v) is 18.9. The molecular formula is C23H23NO7S. The van der Waals surface area contributed by atoms with Crippen molar-refractivity contribution in [3.8, 4) is 23.0 Å². The van der Waals surface area contributed by atoms with Crippen molar-refractivity contribution in [1.82, 2.24) is 0 Å². The summed E-state index contributed by atoms with van der Waals surface area (Å²) < 4.78 is 20.6. The molecule has 168 valence electrons. The highest BCUT2D eigenvalue weighted by molar-refractivity contribution is 8.18. The van der Waals surface area contributed by atoms with Crippen LogP contribution in [0.5, 0.6) is 23.0 Å². The molecule has 0 amide bonds. The number of aliphatic hydroxyl groups is 1. The number of hydrogen-bond acceptors (Lipinski definition) is 9. The van der Waals surface area contributed by atoms with Crippen LogP contribution >= 0.6 is 11.8 Å². The molecule has 0 atom stereocenters. The number of aliphatic hydroxyl groups excluding tert-OH is 1. The van der Waals surface area contributed by atoms with Gasteiger partial charge >= 0.3 is 5.97 Å². The van der Waals surface area contributed by atoms with Crippen LogP contribution in [0, 0.1) is 0 Å². The van der Waals surface area contributed by atoms with Gasteiger partial charge in [-0.05, 0) is 55.0 Å². The average Bonchev–Trinajstić information content (AvgIpc) is 3.09. The van der Waals surface area contributed by atoms with Gasteiger partial charge in [0.25, 0.3) is 0 Å². The quantitative estimate of drug-likeness (QED) is 0.581. The van der Waals surface area contributed by atoms with Gasteiger partial charge in [0.1, 0.15) is 22.1 Å². The first-order chi connectivity index (χ1) is 15.4. The molecule has 3 rings (SSSR count). The van der Waals surface area contributed by atoms with Gasteiger partial charge in [-0.15, -0.1) is 0 Å². The third kappa shape index (κ3) is 4.83. The second kappa shape index (κ2) is 10.1. The number of aromatic hydroxyl groups is 1. The van der Waals surface area contributed by atoms with Crippen LogP contribution < -0.4 is 14.2 Å². The van der Waals surface area contributed by atoms with Crippen LogP contribution in [0.2, 0.25) is 0 Å². The minimum atomic E-state index is -0.672. The van der Waals surface area contributed by atoms with Crippen molar-refractivity contribution in [1.29, 1.82) is 0 Å². The number of esters is 1. The first-order valence-corrected chi connectivity index (χ1v) is 10.4. The molecule has 9 heteroatoms. The van der Waals surface area contributed by atoms with Gasteiger partial charge in [0.15, 0.2) is 11.5 Å². The van der Waals surface area contributed by atoms with E-state index in [1.807, 2.05) is 0 Å². The Balaban J connectivity index is 2.06. The zero-order chi connectivity index (χ0) is 23.3. The molecule has 0 aromatic heterocycles. The fourth-order valence-electron chi connectivity index (χ4n) is 2.91. The highest BCUT2D eigenvalue weighted by Gasteiger charge is 2.33. The van der Waals surface area contributed by atoms with Crippen LogP contribution in [-0.2, 0) is 9.53 Å². The number of carbonyl (C=O) groups excluding carboxylic acids is 1. The lowest BCUT2D eigenvalue weighted by Gasteiger charge is -2.10. The molecule has 0 unspecified atom stereocenters. The molecule has 32 heavy (non-hydrogen) atoms. The maximum atomic E-state index is 12.5. The molecule has 0 saturated carbocycles. The molecule has 0 bridgehead atoms. The Bertz CT molecular complexity index is 1080. The number of carbonyl (C=O) groups is 1. The predicted molar refractivity (Wildman–Crippen MR) is 123 cm³/mol. The van der Waals surface area contributed by atoms with Crippen molar-refractivity contribution in [2.75, 3.05) is 27.9 Å². The van der Waals surface area contributed by atoms with Gasteiger partial charge in [-0.3, -0.25) is 0 Å². The zero-order valence-electron chi connectivity index (χ0n) is 18.0. The van der Waals surface area contributed by atoms with Gasteiger partial charge < -0.3 is 29.2 Å². The molecule has 0 saturated heterocycles. The van der Waals surface area contributed by atoms with Gasteiger partial charge in [-0.25, -0.2) is 9.79 Å². The third-order valence-electron chi connectivity index (χ3n) is 4.47. The van der Waals surface area contributed by atoms with E-state index >= 15 is 0 Å². The standard InChI is InChI=1S/C23H23NO7S/c1-5-31-23(27)19-21(26)18(12-13-10-16(29-3)20(25)17(11-13)30-4)32-22(19)24-14-6-8-15(28-2)9-7-14/h6-12,25-26H,5H2,1-4H3. The number of rotatable bonds is 7. The van der Waals surface area contributed by atoms with Crippen molar-refractivity contribution < 1.29 is 34.0 Å². The molecule has 0 aliphatic carbocycles. The van der Waals surface area contributed by atoms with E-state index in [4.69, 9.17) is 18.9 Å². The Kier molecular flexibility index (Phi) is 7.32. The van der Waals surface area contributed by atoms with Crippen molar-refractivity contribution in [2.24, 2.45) is 4.99 Å². The molecule has 2 aromatic rings. The summed E-state index contributed by atoms with van der Waals surface area (Å²) in [6.45, 7) is 1.84. The smallest absolute Gasteiger partial charge is 0.344 e. The molecule has 1 heterocycles. The Morgan fingerprint density at radius 3 is 2.19 bits per heavy atom. The van der Waals surface area contributed by atoms with E-state index in [0.717, 1.165) is 11.8 Å². The van der Waals surface area contributed by atoms with E-state index in [0.29, 0.717) is 26.9 Å². The number of hydrogen-bond donors (Lipinski definition) is 2. The summed E-state index contributed by atoms with van der Waals surface area (Å²) in [6, 6.07) is 10.1. The van der Waals surface area contributed by atoms with Crippen molar-refractivity contribution >= 4 is 34.5 Å². The molecule has 1 aliphatic rings. The van der Waals surface area contributed by atoms with Gasteiger partial charge in [0.2, 0.25) is 5.75 Å². The van der Waals surface area contributed by atoms with Gasteiger partial charge in [-0.2, -0.15) is 0 Å². The monoisotopic (exact) mass is 457 g/mol. The highest BCUT2D eigenvalue weighted by Crippen LogP contribution is 2.42. The summed E-state index contributed by atoms with van der Waals surface area (Å²) in [4.78, 5) is 17.4. The molecule has 0 radical (unpaired) electrons. The number of ether oxygens (including phenoxy) is 4. The number of benzene rings is 2. The summed E-state index contributed by atoms with van der Waals surface area (Å²) in [5, 5.41) is 21.2. The second-order valence-corrected chi connectivity index (χ2v) is 7.47. The predicted octanol–water partition coefficient (Wildman–Crippen LogP) is 4.61. The molecular weight excluding hydrogens is 434 g/mol. The summed E-state index contributed by atoms with van der Waals surface area (Å²) >= 11 is 1.12. The molecule has 8 nitrogen and oxygen atoms in total. The highest BCUT2D eigenvalue weighted by atomic mass is 32.2. The average molecular weight is 458 g/mol. The Labute approximate surface area is 189 Å². The van der Waals surface area contributed by atoms with E-state index in [1.54, 1.807) is 56.5 Å². The molecule has 2 N–H and O–H groups in total. The minimum absolute atomic E-state index is 0.0170.